The van der Waals surface area contributed by atoms with Crippen LogP contribution in [0.3, 0.4) is 0 Å². The molecule has 0 spiro atoms. The van der Waals surface area contributed by atoms with Crippen LogP contribution in [0.25, 0.3) is 66.1 Å². The molecule has 0 aliphatic carbocycles. The number of fused-ring (bicyclic) bond motifs is 2. The first-order valence-electron chi connectivity index (χ1n) is 19.2. The summed E-state index contributed by atoms with van der Waals surface area (Å²) in [5.74, 6) is 0. The summed E-state index contributed by atoms with van der Waals surface area (Å²) in [5.41, 5.74) is 8.96. The van der Waals surface area contributed by atoms with Gasteiger partial charge in [-0.25, -0.2) is 0 Å². The summed E-state index contributed by atoms with van der Waals surface area (Å²) in [6, 6.07) is 62.8. The molecule has 0 N–H and O–H groups in total. The molecule has 9 aromatic carbocycles. The molecular weight excluding hydrogens is 615 g/mol. The first-order chi connectivity index (χ1) is 27.0. The van der Waals surface area contributed by atoms with Crippen LogP contribution >= 0.6 is 0 Å². The molecule has 0 atom stereocenters. The van der Waals surface area contributed by atoms with E-state index in [0.29, 0.717) is 5.56 Å². The molecule has 1 nitrogen and oxygen atoms in total. The van der Waals surface area contributed by atoms with Crippen molar-refractivity contribution in [3.63, 3.8) is 0 Å². The highest BCUT2D eigenvalue weighted by Crippen LogP contribution is 2.42. The molecule has 0 aromatic heterocycles. The number of hydrogen-bond donors (Lipinski definition) is 0. The zero-order valence-corrected chi connectivity index (χ0v) is 27.8. The van der Waals surface area contributed by atoms with Gasteiger partial charge in [-0.1, -0.05) is 176 Å². The number of anilines is 3. The molecule has 240 valence electrons. The molecule has 1 heteroatoms. The maximum absolute atomic E-state index is 9.52. The molecule has 0 unspecified atom stereocenters. The largest absolute Gasteiger partial charge is 0.310 e. The fraction of sp³-hybridized carbons (Fsp3) is 0. The average molecular weight is 654 g/mol. The Kier molecular flexibility index (Phi) is 6.84. The van der Waals surface area contributed by atoms with E-state index in [-0.39, 0.29) is 35.4 Å². The van der Waals surface area contributed by atoms with Crippen molar-refractivity contribution in [1.29, 1.82) is 0 Å². The van der Waals surface area contributed by atoms with Crippen LogP contribution in [-0.4, -0.2) is 0 Å². The van der Waals surface area contributed by atoms with E-state index in [4.69, 9.17) is 0 Å². The van der Waals surface area contributed by atoms with E-state index >= 15 is 0 Å². The Labute approximate surface area is 305 Å². The lowest BCUT2D eigenvalue weighted by atomic mass is 9.90. The summed E-state index contributed by atoms with van der Waals surface area (Å²) in [5, 5.41) is 4.29. The van der Waals surface area contributed by atoms with Gasteiger partial charge in [0, 0.05) is 16.8 Å². The van der Waals surface area contributed by atoms with Crippen LogP contribution in [0.1, 0.15) is 5.48 Å². The Morgan fingerprint density at radius 3 is 1.61 bits per heavy atom. The minimum absolute atomic E-state index is 0.0910. The Morgan fingerprint density at radius 2 is 0.882 bits per heavy atom. The highest BCUT2D eigenvalue weighted by Gasteiger charge is 2.17. The average Bonchev–Trinajstić information content (AvgIpc) is 3.25. The van der Waals surface area contributed by atoms with Gasteiger partial charge in [0.05, 0.1) is 11.2 Å². The molecular formula is C50H35N. The van der Waals surface area contributed by atoms with Gasteiger partial charge in [-0.05, 0) is 97.0 Å². The molecule has 0 aliphatic rings. The highest BCUT2D eigenvalue weighted by atomic mass is 15.1. The quantitative estimate of drug-likeness (QED) is 0.165. The van der Waals surface area contributed by atoms with Gasteiger partial charge >= 0.3 is 0 Å². The van der Waals surface area contributed by atoms with Gasteiger partial charge < -0.3 is 4.90 Å². The first kappa shape index (κ1) is 26.2. The van der Waals surface area contributed by atoms with E-state index in [2.05, 4.69) is 72.8 Å². The van der Waals surface area contributed by atoms with Crippen LogP contribution in [0, 0.1) is 0 Å². The lowest BCUT2D eigenvalue weighted by molar-refractivity contribution is 1.30. The first-order valence-corrected chi connectivity index (χ1v) is 17.2. The van der Waals surface area contributed by atoms with Crippen molar-refractivity contribution >= 4 is 38.6 Å². The molecule has 51 heavy (non-hydrogen) atoms. The Bertz CT molecular complexity index is 2820. The van der Waals surface area contributed by atoms with E-state index in [1.54, 1.807) is 0 Å². The van der Waals surface area contributed by atoms with Crippen molar-refractivity contribution in [3.8, 4) is 44.5 Å². The molecule has 0 amide bonds. The van der Waals surface area contributed by atoms with Crippen LogP contribution in [0.5, 0.6) is 0 Å². The molecule has 0 saturated heterocycles. The van der Waals surface area contributed by atoms with Crippen LogP contribution in [-0.2, 0) is 0 Å². The predicted octanol–water partition coefficient (Wildman–Crippen LogP) is 14.1. The third-order valence-electron chi connectivity index (χ3n) is 9.53. The van der Waals surface area contributed by atoms with Gasteiger partial charge in [0.15, 0.2) is 0 Å². The second-order valence-electron chi connectivity index (χ2n) is 12.6. The van der Waals surface area contributed by atoms with E-state index in [0.717, 1.165) is 55.5 Å². The van der Waals surface area contributed by atoms with E-state index in [9.17, 15) is 5.48 Å². The maximum Gasteiger partial charge on any atom is 0.0645 e. The molecule has 0 saturated carbocycles. The normalized spacial score (nSPS) is 12.2. The van der Waals surface area contributed by atoms with Crippen LogP contribution < -0.4 is 4.90 Å². The zero-order chi connectivity index (χ0) is 37.5. The van der Waals surface area contributed by atoms with Gasteiger partial charge in [0.1, 0.15) is 0 Å². The van der Waals surface area contributed by atoms with Crippen molar-refractivity contribution in [1.82, 2.24) is 0 Å². The number of benzene rings is 9. The van der Waals surface area contributed by atoms with Gasteiger partial charge in [-0.3, -0.25) is 0 Å². The molecule has 9 aromatic rings. The zero-order valence-electron chi connectivity index (χ0n) is 31.8. The number of hydrogen-bond acceptors (Lipinski definition) is 1. The minimum Gasteiger partial charge on any atom is -0.310 e. The molecule has 0 radical (unpaired) electrons. The Morgan fingerprint density at radius 1 is 0.333 bits per heavy atom. The summed E-state index contributed by atoms with van der Waals surface area (Å²) in [6.45, 7) is 0. The smallest absolute Gasteiger partial charge is 0.0645 e. The predicted molar refractivity (Wildman–Crippen MR) is 218 cm³/mol. The summed E-state index contributed by atoms with van der Waals surface area (Å²) < 4.78 is 37.8. The number of nitrogens with zero attached hydrogens (tertiary/aromatic N) is 1. The summed E-state index contributed by atoms with van der Waals surface area (Å²) in [7, 11) is 0. The van der Waals surface area contributed by atoms with Crippen molar-refractivity contribution in [2.24, 2.45) is 0 Å². The fourth-order valence-electron chi connectivity index (χ4n) is 7.06. The van der Waals surface area contributed by atoms with Gasteiger partial charge in [0.25, 0.3) is 0 Å². The summed E-state index contributed by atoms with van der Waals surface area (Å²) >= 11 is 0. The second kappa shape index (κ2) is 13.3. The highest BCUT2D eigenvalue weighted by molar-refractivity contribution is 6.04. The number of rotatable bonds is 7. The fourth-order valence-corrected chi connectivity index (χ4v) is 7.06. The SMILES string of the molecule is [2H]c1c([2H])c(N(c2ccc(-c3ccc4ccccc4c3-c3ccccc3)cc2)c2cccc3ccccc23)c([2H])c([2H])c1-c1cccc(-c2ccccc2)c1. The third kappa shape index (κ3) is 5.86. The van der Waals surface area contributed by atoms with E-state index < -0.39 is 0 Å². The molecule has 0 bridgehead atoms. The molecule has 0 heterocycles. The third-order valence-corrected chi connectivity index (χ3v) is 9.53. The molecule has 0 fully saturated rings. The van der Waals surface area contributed by atoms with E-state index in [1.807, 2.05) is 120 Å². The second-order valence-corrected chi connectivity index (χ2v) is 12.6. The molecule has 9 rings (SSSR count). The lowest BCUT2D eigenvalue weighted by Gasteiger charge is -2.27. The van der Waals surface area contributed by atoms with Gasteiger partial charge in [-0.2, -0.15) is 0 Å². The monoisotopic (exact) mass is 653 g/mol. The Hall–Kier alpha value is -6.70. The van der Waals surface area contributed by atoms with Crippen molar-refractivity contribution in [3.05, 3.63) is 212 Å². The molecule has 0 aliphatic heterocycles. The van der Waals surface area contributed by atoms with E-state index in [1.165, 1.54) is 10.8 Å². The van der Waals surface area contributed by atoms with Gasteiger partial charge in [0.2, 0.25) is 0 Å². The van der Waals surface area contributed by atoms with Crippen molar-refractivity contribution < 1.29 is 5.48 Å². The van der Waals surface area contributed by atoms with Crippen LogP contribution in [0.2, 0.25) is 0 Å². The minimum atomic E-state index is -0.112. The Balaban J connectivity index is 1.22. The maximum atomic E-state index is 9.52. The van der Waals surface area contributed by atoms with Crippen LogP contribution in [0.15, 0.2) is 212 Å². The topological polar surface area (TPSA) is 3.24 Å². The standard InChI is InChI=1S/C50H35N/c1-3-13-36(14-4-1)42-20-11-21-43(35-42)37-25-30-44(31-26-37)51(49-24-12-19-38-15-7-9-22-46(38)49)45-32-27-40(28-33-45)48-34-29-39-16-8-10-23-47(39)50(48)41-17-5-2-6-18-41/h1-35H/i25D,26D,30D,31D. The summed E-state index contributed by atoms with van der Waals surface area (Å²) in [4.78, 5) is 1.88. The van der Waals surface area contributed by atoms with Crippen molar-refractivity contribution in [2.45, 2.75) is 0 Å². The van der Waals surface area contributed by atoms with Gasteiger partial charge in [-0.15, -0.1) is 0 Å². The van der Waals surface area contributed by atoms with Crippen molar-refractivity contribution in [2.75, 3.05) is 4.90 Å². The summed E-state index contributed by atoms with van der Waals surface area (Å²) in [6.07, 6.45) is 0. The lowest BCUT2D eigenvalue weighted by Crippen LogP contribution is -2.10. The van der Waals surface area contributed by atoms with Crippen LogP contribution in [0.4, 0.5) is 17.1 Å².